The zero-order valence-corrected chi connectivity index (χ0v) is 9.05. The Kier molecular flexibility index (Phi) is 8.40. The van der Waals surface area contributed by atoms with E-state index in [0.717, 1.165) is 13.0 Å². The van der Waals surface area contributed by atoms with Gasteiger partial charge in [0.2, 0.25) is 0 Å². The van der Waals surface area contributed by atoms with Gasteiger partial charge in [0.25, 0.3) is 0 Å². The van der Waals surface area contributed by atoms with Crippen molar-refractivity contribution in [3.05, 3.63) is 0 Å². The molecule has 2 N–H and O–H groups in total. The van der Waals surface area contributed by atoms with Crippen LogP contribution in [0.2, 0.25) is 0 Å². The van der Waals surface area contributed by atoms with E-state index in [1.807, 2.05) is 6.92 Å². The number of nitrogens with one attached hydrogen (secondary N) is 1. The third-order valence-corrected chi connectivity index (χ3v) is 2.07. The van der Waals surface area contributed by atoms with E-state index < -0.39 is 0 Å². The number of methoxy groups -OCH3 is 1. The maximum atomic E-state index is 8.87. The molecule has 0 bridgehead atoms. The van der Waals surface area contributed by atoms with Gasteiger partial charge in [-0.05, 0) is 13.3 Å². The van der Waals surface area contributed by atoms with Crippen molar-refractivity contribution in [2.24, 2.45) is 0 Å². The molecule has 80 valence electrons. The minimum Gasteiger partial charge on any atom is -0.395 e. The van der Waals surface area contributed by atoms with Gasteiger partial charge in [-0.1, -0.05) is 19.8 Å². The van der Waals surface area contributed by atoms with E-state index in [2.05, 4.69) is 12.2 Å². The predicted molar refractivity (Wildman–Crippen MR) is 54.9 cm³/mol. The van der Waals surface area contributed by atoms with E-state index in [4.69, 9.17) is 9.84 Å². The van der Waals surface area contributed by atoms with E-state index in [-0.39, 0.29) is 12.6 Å². The van der Waals surface area contributed by atoms with Crippen LogP contribution in [0.3, 0.4) is 0 Å². The molecule has 3 nitrogen and oxygen atoms in total. The Bertz CT molecular complexity index is 109. The first-order chi connectivity index (χ1) is 6.24. The van der Waals surface area contributed by atoms with E-state index >= 15 is 0 Å². The molecule has 0 aliphatic rings. The van der Waals surface area contributed by atoms with Gasteiger partial charge in [0.15, 0.2) is 0 Å². The second kappa shape index (κ2) is 8.48. The summed E-state index contributed by atoms with van der Waals surface area (Å²) in [6, 6.07) is 0.545. The van der Waals surface area contributed by atoms with E-state index in [9.17, 15) is 0 Å². The lowest BCUT2D eigenvalue weighted by Gasteiger charge is -2.21. The summed E-state index contributed by atoms with van der Waals surface area (Å²) < 4.78 is 5.10. The topological polar surface area (TPSA) is 41.5 Å². The normalized spacial score (nSPS) is 15.7. The van der Waals surface area contributed by atoms with Crippen LogP contribution in [0.25, 0.3) is 0 Å². The van der Waals surface area contributed by atoms with Crippen LogP contribution in [0.4, 0.5) is 0 Å². The summed E-state index contributed by atoms with van der Waals surface area (Å²) in [6.07, 6.45) is 3.53. The van der Waals surface area contributed by atoms with Crippen molar-refractivity contribution in [1.29, 1.82) is 0 Å². The van der Waals surface area contributed by atoms with E-state index in [1.54, 1.807) is 7.11 Å². The smallest absolute Gasteiger partial charge is 0.0615 e. The van der Waals surface area contributed by atoms with Crippen LogP contribution < -0.4 is 5.32 Å². The second-order valence-electron chi connectivity index (χ2n) is 3.54. The van der Waals surface area contributed by atoms with Crippen LogP contribution >= 0.6 is 0 Å². The van der Waals surface area contributed by atoms with Gasteiger partial charge in [0.05, 0.1) is 13.2 Å². The highest BCUT2D eigenvalue weighted by Crippen LogP contribution is 2.02. The Labute approximate surface area is 81.5 Å². The molecule has 0 aromatic heterocycles. The van der Waals surface area contributed by atoms with Gasteiger partial charge < -0.3 is 15.2 Å². The van der Waals surface area contributed by atoms with Crippen LogP contribution in [0.5, 0.6) is 0 Å². The first-order valence-electron chi connectivity index (χ1n) is 5.10. The fourth-order valence-electron chi connectivity index (χ4n) is 1.32. The van der Waals surface area contributed by atoms with Gasteiger partial charge in [-0.2, -0.15) is 0 Å². The SMILES string of the molecule is CCCCC(COC)N[C@H](C)CO. The average molecular weight is 189 g/mol. The van der Waals surface area contributed by atoms with Crippen LogP contribution in [-0.4, -0.2) is 37.5 Å². The van der Waals surface area contributed by atoms with Gasteiger partial charge >= 0.3 is 0 Å². The summed E-state index contributed by atoms with van der Waals surface area (Å²) in [6.45, 7) is 5.07. The molecule has 0 aromatic rings. The van der Waals surface area contributed by atoms with E-state index in [1.165, 1.54) is 12.8 Å². The minimum atomic E-state index is 0.164. The number of hydrogen-bond acceptors (Lipinski definition) is 3. The molecule has 0 saturated carbocycles. The molecule has 0 amide bonds. The molecule has 0 saturated heterocycles. The maximum Gasteiger partial charge on any atom is 0.0615 e. The Morgan fingerprint density at radius 2 is 2.15 bits per heavy atom. The number of rotatable bonds is 8. The zero-order chi connectivity index (χ0) is 10.1. The molecular formula is C10H23NO2. The molecule has 0 spiro atoms. The lowest BCUT2D eigenvalue weighted by molar-refractivity contribution is 0.146. The van der Waals surface area contributed by atoms with Crippen molar-refractivity contribution in [3.8, 4) is 0 Å². The van der Waals surface area contributed by atoms with E-state index in [0.29, 0.717) is 6.04 Å². The van der Waals surface area contributed by atoms with Gasteiger partial charge in [0, 0.05) is 19.2 Å². The van der Waals surface area contributed by atoms with Gasteiger partial charge in [-0.15, -0.1) is 0 Å². The molecule has 0 aromatic carbocycles. The average Bonchev–Trinajstić information content (AvgIpc) is 2.14. The number of hydrogen-bond donors (Lipinski definition) is 2. The summed E-state index contributed by atoms with van der Waals surface area (Å²) in [5.74, 6) is 0. The molecule has 1 unspecified atom stereocenters. The van der Waals surface area contributed by atoms with Gasteiger partial charge in [0.1, 0.15) is 0 Å². The summed E-state index contributed by atoms with van der Waals surface area (Å²) >= 11 is 0. The molecule has 0 aliphatic heterocycles. The largest absolute Gasteiger partial charge is 0.395 e. The number of aliphatic hydroxyl groups excluding tert-OH is 1. The number of unbranched alkanes of at least 4 members (excludes halogenated alkanes) is 1. The van der Waals surface area contributed by atoms with Crippen LogP contribution in [-0.2, 0) is 4.74 Å². The molecular weight excluding hydrogens is 166 g/mol. The molecule has 0 rings (SSSR count). The Morgan fingerprint density at radius 3 is 2.62 bits per heavy atom. The van der Waals surface area contributed by atoms with Crippen LogP contribution in [0, 0.1) is 0 Å². The summed E-state index contributed by atoms with van der Waals surface area (Å²) in [5, 5.41) is 12.2. The molecule has 2 atom stereocenters. The molecule has 0 aliphatic carbocycles. The first-order valence-corrected chi connectivity index (χ1v) is 5.10. The fourth-order valence-corrected chi connectivity index (χ4v) is 1.32. The third kappa shape index (κ3) is 6.99. The maximum absolute atomic E-state index is 8.87. The molecule has 0 fully saturated rings. The predicted octanol–water partition coefficient (Wildman–Crippen LogP) is 1.16. The Morgan fingerprint density at radius 1 is 1.46 bits per heavy atom. The monoisotopic (exact) mass is 189 g/mol. The van der Waals surface area contributed by atoms with Crippen molar-refractivity contribution in [2.75, 3.05) is 20.3 Å². The Hall–Kier alpha value is -0.120. The molecule has 0 radical (unpaired) electrons. The standard InChI is InChI=1S/C10H23NO2/c1-4-5-6-10(8-13-3)11-9(2)7-12/h9-12H,4-8H2,1-3H3/t9-,10?/m1/s1. The second-order valence-corrected chi connectivity index (χ2v) is 3.54. The summed E-state index contributed by atoms with van der Waals surface area (Å²) in [5.41, 5.74) is 0. The summed E-state index contributed by atoms with van der Waals surface area (Å²) in [4.78, 5) is 0. The van der Waals surface area contributed by atoms with Crippen molar-refractivity contribution < 1.29 is 9.84 Å². The molecule has 13 heavy (non-hydrogen) atoms. The van der Waals surface area contributed by atoms with Gasteiger partial charge in [-0.25, -0.2) is 0 Å². The number of ether oxygens (including phenoxy) is 1. The lowest BCUT2D eigenvalue weighted by Crippen LogP contribution is -2.41. The van der Waals surface area contributed by atoms with Crippen molar-refractivity contribution in [1.82, 2.24) is 5.32 Å². The quantitative estimate of drug-likeness (QED) is 0.602. The first kappa shape index (κ1) is 12.9. The third-order valence-electron chi connectivity index (χ3n) is 2.07. The Balaban J connectivity index is 3.65. The van der Waals surface area contributed by atoms with Crippen LogP contribution in [0.1, 0.15) is 33.1 Å². The van der Waals surface area contributed by atoms with Crippen LogP contribution in [0.15, 0.2) is 0 Å². The van der Waals surface area contributed by atoms with Crippen molar-refractivity contribution in [3.63, 3.8) is 0 Å². The highest BCUT2D eigenvalue weighted by Gasteiger charge is 2.10. The molecule has 0 heterocycles. The minimum absolute atomic E-state index is 0.164. The van der Waals surface area contributed by atoms with Gasteiger partial charge in [-0.3, -0.25) is 0 Å². The molecule has 3 heteroatoms. The highest BCUT2D eigenvalue weighted by molar-refractivity contribution is 4.70. The number of aliphatic hydroxyl groups is 1. The summed E-state index contributed by atoms with van der Waals surface area (Å²) in [7, 11) is 1.71. The zero-order valence-electron chi connectivity index (χ0n) is 9.05. The van der Waals surface area contributed by atoms with Crippen molar-refractivity contribution >= 4 is 0 Å². The van der Waals surface area contributed by atoms with Crippen molar-refractivity contribution in [2.45, 2.75) is 45.2 Å². The highest BCUT2D eigenvalue weighted by atomic mass is 16.5. The fraction of sp³-hybridized carbons (Fsp3) is 1.00. The lowest BCUT2D eigenvalue weighted by atomic mass is 10.1.